The molecule has 1 aromatic rings. The first-order valence-electron chi connectivity index (χ1n) is 6.33. The molecule has 0 radical (unpaired) electrons. The molecule has 0 unspecified atom stereocenters. The first kappa shape index (κ1) is 17.1. The summed E-state index contributed by atoms with van der Waals surface area (Å²) < 4.78 is 31.0. The van der Waals surface area contributed by atoms with E-state index in [0.29, 0.717) is 0 Å². The quantitative estimate of drug-likeness (QED) is 0.495. The van der Waals surface area contributed by atoms with Gasteiger partial charge in [-0.3, -0.25) is 0 Å². The first-order chi connectivity index (χ1) is 9.85. The van der Waals surface area contributed by atoms with Crippen molar-refractivity contribution in [2.45, 2.75) is 18.7 Å². The monoisotopic (exact) mass is 309 g/mol. The molecule has 0 aliphatic rings. The molecule has 21 heavy (non-hydrogen) atoms. The Morgan fingerprint density at radius 2 is 1.90 bits per heavy atom. The number of aryl methyl sites for hydroxylation is 1. The van der Waals surface area contributed by atoms with Crippen LogP contribution in [0.5, 0.6) is 0 Å². The topological polar surface area (TPSA) is 72.5 Å². The maximum atomic E-state index is 12.0. The predicted molar refractivity (Wildman–Crippen MR) is 81.3 cm³/mol. The third-order valence-electron chi connectivity index (χ3n) is 2.69. The van der Waals surface area contributed by atoms with Crippen molar-refractivity contribution < 1.29 is 17.9 Å². The SMILES string of the molecule is COC(=O)/C=C/C=C(/C)CNS(=O)(=O)c1ccc(C)cc1. The van der Waals surface area contributed by atoms with Crippen LogP contribution < -0.4 is 4.72 Å². The number of hydrogen-bond acceptors (Lipinski definition) is 4. The fraction of sp³-hybridized carbons (Fsp3) is 0.267. The van der Waals surface area contributed by atoms with Crippen molar-refractivity contribution >= 4 is 16.0 Å². The fourth-order valence-electron chi connectivity index (χ4n) is 1.43. The van der Waals surface area contributed by atoms with Gasteiger partial charge in [-0.15, -0.1) is 0 Å². The van der Waals surface area contributed by atoms with Gasteiger partial charge in [0.15, 0.2) is 0 Å². The van der Waals surface area contributed by atoms with Crippen molar-refractivity contribution in [1.29, 1.82) is 0 Å². The fourth-order valence-corrected chi connectivity index (χ4v) is 2.51. The van der Waals surface area contributed by atoms with E-state index in [4.69, 9.17) is 0 Å². The maximum absolute atomic E-state index is 12.0. The van der Waals surface area contributed by atoms with Crippen LogP contribution >= 0.6 is 0 Å². The smallest absolute Gasteiger partial charge is 0.330 e. The Morgan fingerprint density at radius 1 is 1.29 bits per heavy atom. The van der Waals surface area contributed by atoms with Crippen LogP contribution in [0.4, 0.5) is 0 Å². The first-order valence-corrected chi connectivity index (χ1v) is 7.81. The van der Waals surface area contributed by atoms with E-state index in [-0.39, 0.29) is 11.4 Å². The lowest BCUT2D eigenvalue weighted by molar-refractivity contribution is -0.134. The Morgan fingerprint density at radius 3 is 2.48 bits per heavy atom. The summed E-state index contributed by atoms with van der Waals surface area (Å²) in [6.07, 6.45) is 4.42. The number of carbonyl (C=O) groups is 1. The second kappa shape index (κ2) is 7.75. The van der Waals surface area contributed by atoms with Gasteiger partial charge in [-0.25, -0.2) is 17.9 Å². The number of carbonyl (C=O) groups excluding carboxylic acids is 1. The number of ether oxygens (including phenoxy) is 1. The second-order valence-electron chi connectivity index (χ2n) is 4.53. The molecule has 6 heteroatoms. The number of sulfonamides is 1. The van der Waals surface area contributed by atoms with E-state index in [1.807, 2.05) is 6.92 Å². The van der Waals surface area contributed by atoms with Gasteiger partial charge in [0.1, 0.15) is 0 Å². The third-order valence-corrected chi connectivity index (χ3v) is 4.10. The number of methoxy groups -OCH3 is 1. The second-order valence-corrected chi connectivity index (χ2v) is 6.30. The number of rotatable bonds is 6. The van der Waals surface area contributed by atoms with E-state index in [1.165, 1.54) is 19.3 Å². The molecule has 1 N–H and O–H groups in total. The lowest BCUT2D eigenvalue weighted by Crippen LogP contribution is -2.25. The Hall–Kier alpha value is -1.92. The molecule has 1 rings (SSSR count). The zero-order chi connectivity index (χ0) is 15.9. The van der Waals surface area contributed by atoms with Gasteiger partial charge < -0.3 is 4.74 Å². The Kier molecular flexibility index (Phi) is 6.33. The minimum absolute atomic E-state index is 0.168. The van der Waals surface area contributed by atoms with Crippen LogP contribution in [-0.2, 0) is 19.6 Å². The molecule has 0 saturated heterocycles. The molecule has 0 aliphatic carbocycles. The van der Waals surface area contributed by atoms with Crippen LogP contribution in [0.2, 0.25) is 0 Å². The summed E-state index contributed by atoms with van der Waals surface area (Å²) >= 11 is 0. The number of esters is 1. The molecule has 0 amide bonds. The molecule has 0 saturated carbocycles. The summed E-state index contributed by atoms with van der Waals surface area (Å²) in [5.74, 6) is -0.459. The molecule has 5 nitrogen and oxygen atoms in total. The van der Waals surface area contributed by atoms with Crippen molar-refractivity contribution in [3.8, 4) is 0 Å². The van der Waals surface area contributed by atoms with Crippen LogP contribution in [0.25, 0.3) is 0 Å². The summed E-state index contributed by atoms with van der Waals surface area (Å²) in [4.78, 5) is 11.1. The Labute approximate surface area is 125 Å². The van der Waals surface area contributed by atoms with Crippen molar-refractivity contribution in [1.82, 2.24) is 4.72 Å². The number of benzene rings is 1. The van der Waals surface area contributed by atoms with Crippen molar-refractivity contribution in [3.05, 3.63) is 53.6 Å². The Balaban J connectivity index is 2.65. The molecule has 0 spiro atoms. The minimum Gasteiger partial charge on any atom is -0.466 e. The zero-order valence-corrected chi connectivity index (χ0v) is 13.1. The summed E-state index contributed by atoms with van der Waals surface area (Å²) in [5.41, 5.74) is 1.77. The molecule has 0 bridgehead atoms. The molecule has 0 heterocycles. The molecule has 0 aliphatic heterocycles. The van der Waals surface area contributed by atoms with Gasteiger partial charge in [-0.05, 0) is 26.0 Å². The number of allylic oxidation sites excluding steroid dienone is 2. The van der Waals surface area contributed by atoms with Crippen LogP contribution in [-0.4, -0.2) is 28.0 Å². The van der Waals surface area contributed by atoms with Gasteiger partial charge in [0.05, 0.1) is 12.0 Å². The summed E-state index contributed by atoms with van der Waals surface area (Å²) in [5, 5.41) is 0. The van der Waals surface area contributed by atoms with Crippen LogP contribution in [0, 0.1) is 6.92 Å². The lowest BCUT2D eigenvalue weighted by atomic mass is 10.2. The maximum Gasteiger partial charge on any atom is 0.330 e. The van der Waals surface area contributed by atoms with Crippen molar-refractivity contribution in [2.24, 2.45) is 0 Å². The number of nitrogens with one attached hydrogen (secondary N) is 1. The van der Waals surface area contributed by atoms with E-state index in [9.17, 15) is 13.2 Å². The van der Waals surface area contributed by atoms with E-state index in [0.717, 1.165) is 11.1 Å². The molecule has 0 atom stereocenters. The highest BCUT2D eigenvalue weighted by Crippen LogP contribution is 2.10. The predicted octanol–water partition coefficient (Wildman–Crippen LogP) is 1.95. The van der Waals surface area contributed by atoms with Gasteiger partial charge in [-0.2, -0.15) is 0 Å². The zero-order valence-electron chi connectivity index (χ0n) is 12.3. The molecule has 1 aromatic carbocycles. The average Bonchev–Trinajstić information content (AvgIpc) is 2.45. The third kappa shape index (κ3) is 5.93. The van der Waals surface area contributed by atoms with Crippen LogP contribution in [0.1, 0.15) is 12.5 Å². The van der Waals surface area contributed by atoms with Crippen LogP contribution in [0.15, 0.2) is 53.0 Å². The molecular formula is C15H19NO4S. The van der Waals surface area contributed by atoms with Crippen molar-refractivity contribution in [3.63, 3.8) is 0 Å². The molecular weight excluding hydrogens is 290 g/mol. The van der Waals surface area contributed by atoms with Gasteiger partial charge in [0.2, 0.25) is 10.0 Å². The molecule has 0 fully saturated rings. The average molecular weight is 309 g/mol. The van der Waals surface area contributed by atoms with E-state index in [1.54, 1.807) is 37.3 Å². The molecule has 114 valence electrons. The standard InChI is InChI=1S/C15H19NO4S/c1-12-7-9-14(10-8-12)21(18,19)16-11-13(2)5-4-6-15(17)20-3/h4-10,16H,11H2,1-3H3/b6-4+,13-5-. The minimum atomic E-state index is -3.52. The normalized spacial score (nSPS) is 12.6. The lowest BCUT2D eigenvalue weighted by Gasteiger charge is -2.07. The largest absolute Gasteiger partial charge is 0.466 e. The highest BCUT2D eigenvalue weighted by atomic mass is 32.2. The van der Waals surface area contributed by atoms with Gasteiger partial charge in [0, 0.05) is 12.6 Å². The van der Waals surface area contributed by atoms with Gasteiger partial charge in [0.25, 0.3) is 0 Å². The van der Waals surface area contributed by atoms with Crippen LogP contribution in [0.3, 0.4) is 0 Å². The number of hydrogen-bond donors (Lipinski definition) is 1. The highest BCUT2D eigenvalue weighted by molar-refractivity contribution is 7.89. The van der Waals surface area contributed by atoms with Gasteiger partial charge >= 0.3 is 5.97 Å². The van der Waals surface area contributed by atoms with Gasteiger partial charge in [-0.1, -0.05) is 35.4 Å². The van der Waals surface area contributed by atoms with E-state index < -0.39 is 16.0 Å². The summed E-state index contributed by atoms with van der Waals surface area (Å²) in [7, 11) is -2.23. The van der Waals surface area contributed by atoms with E-state index in [2.05, 4.69) is 9.46 Å². The highest BCUT2D eigenvalue weighted by Gasteiger charge is 2.12. The van der Waals surface area contributed by atoms with Crippen molar-refractivity contribution in [2.75, 3.05) is 13.7 Å². The summed E-state index contributed by atoms with van der Waals surface area (Å²) in [6, 6.07) is 6.62. The summed E-state index contributed by atoms with van der Waals surface area (Å²) in [6.45, 7) is 3.82. The Bertz CT molecular complexity index is 643. The van der Waals surface area contributed by atoms with E-state index >= 15 is 0 Å². The molecule has 0 aromatic heterocycles.